The molecule has 2 nitrogen and oxygen atoms in total. The van der Waals surface area contributed by atoms with Crippen LogP contribution < -0.4 is 0 Å². The summed E-state index contributed by atoms with van der Waals surface area (Å²) in [5.74, 6) is 0.752. The maximum Gasteiger partial charge on any atom is 0.310 e. The first-order chi connectivity index (χ1) is 7.59. The largest absolute Gasteiger partial charge is 0.481 e. The van der Waals surface area contributed by atoms with E-state index in [9.17, 15) is 9.90 Å². The van der Waals surface area contributed by atoms with Gasteiger partial charge in [-0.05, 0) is 49.7 Å². The van der Waals surface area contributed by atoms with E-state index in [2.05, 4.69) is 0 Å². The smallest absolute Gasteiger partial charge is 0.310 e. The Hall–Kier alpha value is -0.540. The zero-order valence-electron chi connectivity index (χ0n) is 8.78. The van der Waals surface area contributed by atoms with E-state index >= 15 is 0 Å². The number of hydrogen-bond donors (Lipinski definition) is 1. The van der Waals surface area contributed by atoms with Crippen molar-refractivity contribution in [2.24, 2.45) is 17.3 Å². The van der Waals surface area contributed by atoms with Crippen LogP contribution in [0.15, 0.2) is 12.1 Å². The maximum absolute atomic E-state index is 11.5. The van der Waals surface area contributed by atoms with Gasteiger partial charge in [0.15, 0.2) is 0 Å². The molecule has 0 aromatic carbocycles. The number of fused-ring (bicyclic) bond motifs is 1. The number of carboxylic acid groups (broad SMARTS) is 1. The van der Waals surface area contributed by atoms with Crippen molar-refractivity contribution >= 4 is 28.9 Å². The summed E-state index contributed by atoms with van der Waals surface area (Å²) in [6.07, 6.45) is 3.64. The van der Waals surface area contributed by atoms with Crippen molar-refractivity contribution < 1.29 is 9.90 Å². The lowest BCUT2D eigenvalue weighted by Crippen LogP contribution is -2.31. The van der Waals surface area contributed by atoms with E-state index in [1.807, 2.05) is 12.1 Å². The molecule has 86 valence electrons. The molecular formula is C12H13ClO2S. The molecule has 2 fully saturated rings. The first-order valence-electron chi connectivity index (χ1n) is 5.57. The Morgan fingerprint density at radius 3 is 2.69 bits per heavy atom. The minimum absolute atomic E-state index is 0.498. The molecule has 0 saturated heterocycles. The Morgan fingerprint density at radius 2 is 2.19 bits per heavy atom. The van der Waals surface area contributed by atoms with Crippen LogP contribution >= 0.6 is 22.9 Å². The van der Waals surface area contributed by atoms with Gasteiger partial charge in [-0.15, -0.1) is 11.3 Å². The van der Waals surface area contributed by atoms with Gasteiger partial charge < -0.3 is 5.11 Å². The van der Waals surface area contributed by atoms with Crippen molar-refractivity contribution in [2.75, 3.05) is 0 Å². The van der Waals surface area contributed by atoms with Crippen LogP contribution in [0.25, 0.3) is 0 Å². The summed E-state index contributed by atoms with van der Waals surface area (Å²) in [6.45, 7) is 0. The van der Waals surface area contributed by atoms with Gasteiger partial charge in [-0.3, -0.25) is 4.79 Å². The predicted octanol–water partition coefficient (Wildman–Crippen LogP) is 3.44. The zero-order chi connectivity index (χ0) is 11.3. The molecule has 1 aromatic rings. The van der Waals surface area contributed by atoms with E-state index in [0.29, 0.717) is 18.3 Å². The van der Waals surface area contributed by atoms with Gasteiger partial charge in [-0.2, -0.15) is 0 Å². The molecule has 1 N–H and O–H groups in total. The van der Waals surface area contributed by atoms with Crippen LogP contribution in [-0.2, 0) is 11.2 Å². The standard InChI is InChI=1S/C12H13ClO2S/c13-10-2-1-9(16-10)6-12(11(14)15)4-7-3-8(7)5-12/h1-2,7-8H,3-6H2,(H,14,15). The summed E-state index contributed by atoms with van der Waals surface area (Å²) in [4.78, 5) is 12.6. The number of halogens is 1. The lowest BCUT2D eigenvalue weighted by atomic mass is 9.79. The third-order valence-corrected chi connectivity index (χ3v) is 5.20. The molecule has 1 aromatic heterocycles. The summed E-state index contributed by atoms with van der Waals surface area (Å²) < 4.78 is 0.749. The monoisotopic (exact) mass is 256 g/mol. The van der Waals surface area contributed by atoms with Crippen LogP contribution in [0.4, 0.5) is 0 Å². The van der Waals surface area contributed by atoms with E-state index in [0.717, 1.165) is 22.1 Å². The van der Waals surface area contributed by atoms with Gasteiger partial charge in [-0.1, -0.05) is 11.6 Å². The van der Waals surface area contributed by atoms with Crippen LogP contribution in [0, 0.1) is 17.3 Å². The van der Waals surface area contributed by atoms with E-state index in [4.69, 9.17) is 11.6 Å². The van der Waals surface area contributed by atoms with Gasteiger partial charge in [0, 0.05) is 4.88 Å². The number of rotatable bonds is 3. The van der Waals surface area contributed by atoms with E-state index in [1.54, 1.807) is 0 Å². The second-order valence-electron chi connectivity index (χ2n) is 5.13. The SMILES string of the molecule is O=C(O)C1(Cc2ccc(Cl)s2)CC2CC2C1. The summed E-state index contributed by atoms with van der Waals surface area (Å²) >= 11 is 7.39. The third kappa shape index (κ3) is 1.66. The van der Waals surface area contributed by atoms with Gasteiger partial charge in [0.25, 0.3) is 0 Å². The number of hydrogen-bond acceptors (Lipinski definition) is 2. The fourth-order valence-corrected chi connectivity index (χ4v) is 4.30. The summed E-state index contributed by atoms with van der Waals surface area (Å²) in [6, 6.07) is 3.81. The molecule has 0 bridgehead atoms. The number of carboxylic acids is 1. The van der Waals surface area contributed by atoms with Gasteiger partial charge in [-0.25, -0.2) is 0 Å². The minimum atomic E-state index is -0.621. The van der Waals surface area contributed by atoms with Gasteiger partial charge in [0.2, 0.25) is 0 Å². The summed E-state index contributed by atoms with van der Waals surface area (Å²) in [5.41, 5.74) is -0.498. The molecule has 2 atom stereocenters. The van der Waals surface area contributed by atoms with Crippen molar-refractivity contribution in [1.82, 2.24) is 0 Å². The Bertz CT molecular complexity index is 430. The molecule has 2 saturated carbocycles. The van der Waals surface area contributed by atoms with Crippen molar-refractivity contribution in [3.63, 3.8) is 0 Å². The molecule has 16 heavy (non-hydrogen) atoms. The zero-order valence-corrected chi connectivity index (χ0v) is 10.4. The van der Waals surface area contributed by atoms with E-state index < -0.39 is 11.4 Å². The lowest BCUT2D eigenvalue weighted by Gasteiger charge is -2.25. The fourth-order valence-electron chi connectivity index (χ4n) is 3.07. The minimum Gasteiger partial charge on any atom is -0.481 e. The van der Waals surface area contributed by atoms with Crippen LogP contribution in [-0.4, -0.2) is 11.1 Å². The predicted molar refractivity (Wildman–Crippen MR) is 63.9 cm³/mol. The second kappa shape index (κ2) is 3.47. The van der Waals surface area contributed by atoms with Gasteiger partial charge >= 0.3 is 5.97 Å². The van der Waals surface area contributed by atoms with Crippen LogP contribution in [0.2, 0.25) is 4.34 Å². The normalized spacial score (nSPS) is 36.1. The Morgan fingerprint density at radius 1 is 1.50 bits per heavy atom. The fraction of sp³-hybridized carbons (Fsp3) is 0.583. The van der Waals surface area contributed by atoms with Crippen LogP contribution in [0.5, 0.6) is 0 Å². The molecule has 2 aliphatic carbocycles. The number of thiophene rings is 1. The number of carbonyl (C=O) groups is 1. The van der Waals surface area contributed by atoms with Crippen LogP contribution in [0.1, 0.15) is 24.1 Å². The van der Waals surface area contributed by atoms with Gasteiger partial charge in [0.1, 0.15) is 0 Å². The molecule has 2 aliphatic rings. The molecule has 0 aliphatic heterocycles. The van der Waals surface area contributed by atoms with Crippen molar-refractivity contribution in [2.45, 2.75) is 25.7 Å². The van der Waals surface area contributed by atoms with Crippen molar-refractivity contribution in [3.05, 3.63) is 21.3 Å². The van der Waals surface area contributed by atoms with Crippen molar-refractivity contribution in [1.29, 1.82) is 0 Å². The lowest BCUT2D eigenvalue weighted by molar-refractivity contribution is -0.149. The second-order valence-corrected chi connectivity index (χ2v) is 6.93. The Kier molecular flexibility index (Phi) is 2.30. The Labute approximate surface area is 103 Å². The summed E-state index contributed by atoms with van der Waals surface area (Å²) in [7, 11) is 0. The Balaban J connectivity index is 1.82. The molecule has 3 rings (SSSR count). The highest BCUT2D eigenvalue weighted by atomic mass is 35.5. The molecule has 0 amide bonds. The molecule has 1 heterocycles. The average molecular weight is 257 g/mol. The number of aliphatic carboxylic acids is 1. The molecule has 2 unspecified atom stereocenters. The van der Waals surface area contributed by atoms with Crippen molar-refractivity contribution in [3.8, 4) is 0 Å². The first-order valence-corrected chi connectivity index (χ1v) is 6.76. The highest BCUT2D eigenvalue weighted by Crippen LogP contribution is 2.61. The molecule has 4 heteroatoms. The third-order valence-electron chi connectivity index (χ3n) is 3.97. The quantitative estimate of drug-likeness (QED) is 0.900. The van der Waals surface area contributed by atoms with E-state index in [-0.39, 0.29) is 0 Å². The molecule has 0 radical (unpaired) electrons. The van der Waals surface area contributed by atoms with Crippen LogP contribution in [0.3, 0.4) is 0 Å². The molecular weight excluding hydrogens is 244 g/mol. The summed E-state index contributed by atoms with van der Waals surface area (Å²) in [5, 5.41) is 9.44. The molecule has 0 spiro atoms. The van der Waals surface area contributed by atoms with E-state index in [1.165, 1.54) is 17.8 Å². The highest BCUT2D eigenvalue weighted by molar-refractivity contribution is 7.16. The highest BCUT2D eigenvalue weighted by Gasteiger charge is 2.57. The maximum atomic E-state index is 11.5. The van der Waals surface area contributed by atoms with Gasteiger partial charge in [0.05, 0.1) is 9.75 Å². The topological polar surface area (TPSA) is 37.3 Å². The average Bonchev–Trinajstić information content (AvgIpc) is 2.65. The first kappa shape index (κ1) is 10.6.